The van der Waals surface area contributed by atoms with E-state index in [4.69, 9.17) is 0 Å². The minimum atomic E-state index is -3.43. The van der Waals surface area contributed by atoms with Crippen LogP contribution in [0.25, 0.3) is 0 Å². The third kappa shape index (κ3) is 4.10. The summed E-state index contributed by atoms with van der Waals surface area (Å²) in [6, 6.07) is -0.362. The fourth-order valence-electron chi connectivity index (χ4n) is 1.38. The van der Waals surface area contributed by atoms with Crippen molar-refractivity contribution in [1.29, 1.82) is 0 Å². The third-order valence-corrected chi connectivity index (χ3v) is 4.15. The van der Waals surface area contributed by atoms with Gasteiger partial charge in [-0.25, -0.2) is 4.98 Å². The van der Waals surface area contributed by atoms with Gasteiger partial charge < -0.3 is 4.98 Å². The van der Waals surface area contributed by atoms with Crippen molar-refractivity contribution in [3.63, 3.8) is 0 Å². The summed E-state index contributed by atoms with van der Waals surface area (Å²) in [6.07, 6.45) is 5.09. The summed E-state index contributed by atoms with van der Waals surface area (Å²) in [5.74, 6) is 0.609. The first-order chi connectivity index (χ1) is 7.97. The maximum atomic E-state index is 11.9. The molecule has 0 aliphatic heterocycles. The van der Waals surface area contributed by atoms with Crippen LogP contribution in [-0.4, -0.2) is 36.3 Å². The van der Waals surface area contributed by atoms with Crippen LogP contribution in [-0.2, 0) is 10.2 Å². The van der Waals surface area contributed by atoms with E-state index in [0.717, 1.165) is 12.8 Å². The monoisotopic (exact) mass is 260 g/mol. The Morgan fingerprint density at radius 3 is 2.82 bits per heavy atom. The highest BCUT2D eigenvalue weighted by atomic mass is 32.2. The predicted octanol–water partition coefficient (Wildman–Crippen LogP) is 1.04. The number of nitrogens with zero attached hydrogens (tertiary/aromatic N) is 2. The molecule has 1 aromatic rings. The van der Waals surface area contributed by atoms with Crippen LogP contribution >= 0.6 is 0 Å². The fraction of sp³-hybridized carbons (Fsp3) is 0.700. The summed E-state index contributed by atoms with van der Waals surface area (Å²) in [4.78, 5) is 6.91. The number of unbranched alkanes of at least 4 members (excludes halogenated alkanes) is 1. The van der Waals surface area contributed by atoms with Gasteiger partial charge in [0.2, 0.25) is 0 Å². The average Bonchev–Trinajstić information content (AvgIpc) is 2.78. The van der Waals surface area contributed by atoms with Crippen LogP contribution in [0.1, 0.15) is 38.6 Å². The highest BCUT2D eigenvalue weighted by molar-refractivity contribution is 7.87. The highest BCUT2D eigenvalue weighted by Crippen LogP contribution is 2.09. The normalized spacial score (nSPS) is 14.1. The Morgan fingerprint density at radius 2 is 2.29 bits per heavy atom. The van der Waals surface area contributed by atoms with Crippen LogP contribution in [0.15, 0.2) is 12.4 Å². The van der Waals surface area contributed by atoms with Crippen molar-refractivity contribution < 1.29 is 8.42 Å². The molecule has 0 aliphatic rings. The smallest absolute Gasteiger partial charge is 0.279 e. The molecule has 0 amide bonds. The molecule has 0 spiro atoms. The van der Waals surface area contributed by atoms with Gasteiger partial charge in [0.05, 0.1) is 6.04 Å². The molecular weight excluding hydrogens is 240 g/mol. The zero-order valence-corrected chi connectivity index (χ0v) is 11.3. The summed E-state index contributed by atoms with van der Waals surface area (Å²) in [5.41, 5.74) is 0. The van der Waals surface area contributed by atoms with E-state index in [1.54, 1.807) is 26.4 Å². The molecule has 1 heterocycles. The molecule has 7 heteroatoms. The predicted molar refractivity (Wildman–Crippen MR) is 66.6 cm³/mol. The Labute approximate surface area is 103 Å². The highest BCUT2D eigenvalue weighted by Gasteiger charge is 2.21. The molecule has 0 bridgehead atoms. The number of nitrogens with one attached hydrogen (secondary N) is 2. The number of H-pyrrole nitrogens is 1. The molecule has 1 aromatic heterocycles. The Hall–Kier alpha value is -0.920. The third-order valence-electron chi connectivity index (χ3n) is 2.49. The first-order valence-electron chi connectivity index (χ1n) is 5.70. The Kier molecular flexibility index (Phi) is 5.10. The van der Waals surface area contributed by atoms with Crippen LogP contribution in [0.2, 0.25) is 0 Å². The minimum Gasteiger partial charge on any atom is -0.347 e. The minimum absolute atomic E-state index is 0.362. The van der Waals surface area contributed by atoms with E-state index in [1.807, 2.05) is 6.92 Å². The van der Waals surface area contributed by atoms with Crippen molar-refractivity contribution in [3.05, 3.63) is 18.2 Å². The Morgan fingerprint density at radius 1 is 1.59 bits per heavy atom. The summed E-state index contributed by atoms with van der Waals surface area (Å²) >= 11 is 0. The Bertz CT molecular complexity index is 416. The van der Waals surface area contributed by atoms with Gasteiger partial charge in [-0.15, -0.1) is 0 Å². The van der Waals surface area contributed by atoms with E-state index in [9.17, 15) is 8.42 Å². The summed E-state index contributed by atoms with van der Waals surface area (Å²) < 4.78 is 27.7. The molecule has 0 aromatic carbocycles. The second-order valence-electron chi connectivity index (χ2n) is 3.99. The number of aromatic amines is 1. The first kappa shape index (κ1) is 14.1. The summed E-state index contributed by atoms with van der Waals surface area (Å²) in [7, 11) is -1.86. The number of rotatable bonds is 7. The van der Waals surface area contributed by atoms with Crippen molar-refractivity contribution >= 4 is 10.2 Å². The van der Waals surface area contributed by atoms with Gasteiger partial charge in [-0.05, 0) is 13.3 Å². The molecule has 0 radical (unpaired) electrons. The lowest BCUT2D eigenvalue weighted by Gasteiger charge is -2.19. The SMILES string of the molecule is CCCCN(C)S(=O)(=O)NC(C)c1ncc[nH]1. The first-order valence-corrected chi connectivity index (χ1v) is 7.14. The maximum Gasteiger partial charge on any atom is 0.279 e. The molecule has 0 saturated carbocycles. The molecule has 1 atom stereocenters. The van der Waals surface area contributed by atoms with Crippen LogP contribution in [0.5, 0.6) is 0 Å². The molecule has 2 N–H and O–H groups in total. The average molecular weight is 260 g/mol. The lowest BCUT2D eigenvalue weighted by atomic mass is 10.3. The summed E-state index contributed by atoms with van der Waals surface area (Å²) in [5, 5.41) is 0. The fourth-order valence-corrected chi connectivity index (χ4v) is 2.49. The van der Waals surface area contributed by atoms with Crippen molar-refractivity contribution in [2.24, 2.45) is 0 Å². The van der Waals surface area contributed by atoms with Crippen LogP contribution < -0.4 is 4.72 Å². The van der Waals surface area contributed by atoms with Gasteiger partial charge in [-0.3, -0.25) is 0 Å². The van der Waals surface area contributed by atoms with Gasteiger partial charge in [-0.1, -0.05) is 13.3 Å². The van der Waals surface area contributed by atoms with Crippen LogP contribution in [0, 0.1) is 0 Å². The van der Waals surface area contributed by atoms with Gasteiger partial charge in [0, 0.05) is 26.0 Å². The second kappa shape index (κ2) is 6.13. The van der Waals surface area contributed by atoms with E-state index in [-0.39, 0.29) is 6.04 Å². The maximum absolute atomic E-state index is 11.9. The molecular formula is C10H20N4O2S. The molecule has 98 valence electrons. The van der Waals surface area contributed by atoms with E-state index in [2.05, 4.69) is 14.7 Å². The lowest BCUT2D eigenvalue weighted by Crippen LogP contribution is -2.40. The van der Waals surface area contributed by atoms with Gasteiger partial charge >= 0.3 is 0 Å². The number of hydrogen-bond acceptors (Lipinski definition) is 3. The molecule has 6 nitrogen and oxygen atoms in total. The number of aromatic nitrogens is 2. The molecule has 1 unspecified atom stereocenters. The molecule has 1 rings (SSSR count). The largest absolute Gasteiger partial charge is 0.347 e. The van der Waals surface area contributed by atoms with E-state index in [0.29, 0.717) is 12.4 Å². The second-order valence-corrected chi connectivity index (χ2v) is 5.80. The van der Waals surface area contributed by atoms with Crippen LogP contribution in [0.3, 0.4) is 0 Å². The summed E-state index contributed by atoms with van der Waals surface area (Å²) in [6.45, 7) is 4.31. The zero-order valence-electron chi connectivity index (χ0n) is 10.5. The molecule has 0 aliphatic carbocycles. The van der Waals surface area contributed by atoms with E-state index >= 15 is 0 Å². The molecule has 0 fully saturated rings. The molecule has 17 heavy (non-hydrogen) atoms. The van der Waals surface area contributed by atoms with Gasteiger partial charge in [0.15, 0.2) is 0 Å². The van der Waals surface area contributed by atoms with Gasteiger partial charge in [-0.2, -0.15) is 17.4 Å². The zero-order chi connectivity index (χ0) is 12.9. The van der Waals surface area contributed by atoms with Crippen molar-refractivity contribution in [2.45, 2.75) is 32.7 Å². The number of hydrogen-bond donors (Lipinski definition) is 2. The lowest BCUT2D eigenvalue weighted by molar-refractivity contribution is 0.440. The van der Waals surface area contributed by atoms with Crippen molar-refractivity contribution in [3.8, 4) is 0 Å². The van der Waals surface area contributed by atoms with Crippen LogP contribution in [0.4, 0.5) is 0 Å². The van der Waals surface area contributed by atoms with Gasteiger partial charge in [0.1, 0.15) is 5.82 Å². The molecule has 0 saturated heterocycles. The van der Waals surface area contributed by atoms with E-state index < -0.39 is 10.2 Å². The number of imidazole rings is 1. The van der Waals surface area contributed by atoms with Gasteiger partial charge in [0.25, 0.3) is 10.2 Å². The standard InChI is InChI=1S/C10H20N4O2S/c1-4-5-8-14(3)17(15,16)13-9(2)10-11-6-7-12-10/h6-7,9,13H,4-5,8H2,1-3H3,(H,11,12). The van der Waals surface area contributed by atoms with Crippen molar-refractivity contribution in [2.75, 3.05) is 13.6 Å². The quantitative estimate of drug-likeness (QED) is 0.769. The Balaban J connectivity index is 2.60. The topological polar surface area (TPSA) is 78.1 Å². The van der Waals surface area contributed by atoms with Crippen molar-refractivity contribution in [1.82, 2.24) is 19.0 Å². The van der Waals surface area contributed by atoms with E-state index in [1.165, 1.54) is 4.31 Å².